The summed E-state index contributed by atoms with van der Waals surface area (Å²) in [6, 6.07) is 14.9. The van der Waals surface area contributed by atoms with Crippen molar-refractivity contribution in [3.05, 3.63) is 60.2 Å². The second kappa shape index (κ2) is 12.9. The summed E-state index contributed by atoms with van der Waals surface area (Å²) in [4.78, 5) is 28.3. The number of sulfonamides is 1. The minimum atomic E-state index is -3.64. The second-order valence-electron chi connectivity index (χ2n) is 9.78. The smallest absolute Gasteiger partial charge is 0.243 e. The van der Waals surface area contributed by atoms with Crippen molar-refractivity contribution in [3.63, 3.8) is 0 Å². The average Bonchev–Trinajstić information content (AvgIpc) is 2.83. The molecule has 8 nitrogen and oxygen atoms in total. The highest BCUT2D eigenvalue weighted by Gasteiger charge is 2.30. The molecule has 0 saturated carbocycles. The lowest BCUT2D eigenvalue weighted by Gasteiger charge is -2.33. The van der Waals surface area contributed by atoms with Crippen molar-refractivity contribution >= 4 is 21.8 Å². The Balaban J connectivity index is 2.18. The van der Waals surface area contributed by atoms with E-state index in [0.717, 1.165) is 5.56 Å². The number of nitrogens with zero attached hydrogens (tertiary/aromatic N) is 2. The second-order valence-corrected chi connectivity index (χ2v) is 11.8. The summed E-state index contributed by atoms with van der Waals surface area (Å²) >= 11 is 0. The van der Waals surface area contributed by atoms with Gasteiger partial charge in [0.05, 0.1) is 12.0 Å². The molecular weight excluding hydrogens is 478 g/mol. The summed E-state index contributed by atoms with van der Waals surface area (Å²) in [6.07, 6.45) is 0.880. The Hall–Kier alpha value is -2.91. The third-order valence-electron chi connectivity index (χ3n) is 5.69. The lowest BCUT2D eigenvalue weighted by molar-refractivity contribution is -0.142. The van der Waals surface area contributed by atoms with Crippen molar-refractivity contribution in [1.29, 1.82) is 0 Å². The van der Waals surface area contributed by atoms with Crippen molar-refractivity contribution in [2.45, 2.75) is 70.0 Å². The van der Waals surface area contributed by atoms with Crippen LogP contribution in [-0.4, -0.2) is 61.7 Å². The minimum Gasteiger partial charge on any atom is -0.497 e. The number of methoxy groups -OCH3 is 1. The maximum atomic E-state index is 13.4. The van der Waals surface area contributed by atoms with Crippen LogP contribution in [0.15, 0.2) is 59.5 Å². The number of hydrogen-bond donors (Lipinski definition) is 1. The number of ether oxygens (including phenoxy) is 1. The first kappa shape index (κ1) is 29.3. The number of benzene rings is 2. The molecule has 0 saturated heterocycles. The van der Waals surface area contributed by atoms with Crippen LogP contribution in [0.1, 0.15) is 52.5 Å². The van der Waals surface area contributed by atoms with E-state index in [4.69, 9.17) is 4.74 Å². The Morgan fingerprint density at radius 2 is 1.72 bits per heavy atom. The Morgan fingerprint density at radius 1 is 1.06 bits per heavy atom. The van der Waals surface area contributed by atoms with E-state index in [0.29, 0.717) is 18.6 Å². The van der Waals surface area contributed by atoms with Crippen molar-refractivity contribution in [2.75, 3.05) is 20.7 Å². The first-order valence-electron chi connectivity index (χ1n) is 12.1. The third kappa shape index (κ3) is 8.34. The van der Waals surface area contributed by atoms with Gasteiger partial charge in [-0.05, 0) is 63.4 Å². The van der Waals surface area contributed by atoms with Crippen LogP contribution in [0.2, 0.25) is 0 Å². The van der Waals surface area contributed by atoms with Crippen LogP contribution in [0, 0.1) is 0 Å². The molecular formula is C27H39N3O5S. The van der Waals surface area contributed by atoms with Gasteiger partial charge in [-0.1, -0.05) is 37.3 Å². The zero-order chi connectivity index (χ0) is 26.9. The Bertz CT molecular complexity index is 1110. The molecule has 0 radical (unpaired) electrons. The number of carbonyl (C=O) groups is 2. The molecule has 36 heavy (non-hydrogen) atoms. The van der Waals surface area contributed by atoms with Crippen LogP contribution < -0.4 is 10.1 Å². The highest BCUT2D eigenvalue weighted by molar-refractivity contribution is 7.89. The number of nitrogens with one attached hydrogen (secondary N) is 1. The fourth-order valence-corrected chi connectivity index (χ4v) is 5.06. The molecule has 0 unspecified atom stereocenters. The molecule has 9 heteroatoms. The quantitative estimate of drug-likeness (QED) is 0.462. The highest BCUT2D eigenvalue weighted by Crippen LogP contribution is 2.20. The van der Waals surface area contributed by atoms with Crippen LogP contribution >= 0.6 is 0 Å². The summed E-state index contributed by atoms with van der Waals surface area (Å²) < 4.78 is 32.1. The molecule has 0 aliphatic carbocycles. The summed E-state index contributed by atoms with van der Waals surface area (Å²) in [5.41, 5.74) is 0.400. The van der Waals surface area contributed by atoms with Gasteiger partial charge >= 0.3 is 0 Å². The van der Waals surface area contributed by atoms with Crippen LogP contribution in [0.5, 0.6) is 5.75 Å². The molecule has 0 bridgehead atoms. The number of rotatable bonds is 12. The lowest BCUT2D eigenvalue weighted by Crippen LogP contribution is -2.53. The predicted molar refractivity (Wildman–Crippen MR) is 141 cm³/mol. The molecule has 0 heterocycles. The Kier molecular flexibility index (Phi) is 10.5. The van der Waals surface area contributed by atoms with Crippen molar-refractivity contribution < 1.29 is 22.7 Å². The van der Waals surface area contributed by atoms with Crippen molar-refractivity contribution in [2.24, 2.45) is 0 Å². The number of amides is 2. The van der Waals surface area contributed by atoms with E-state index in [1.807, 2.05) is 52.0 Å². The first-order chi connectivity index (χ1) is 16.9. The van der Waals surface area contributed by atoms with Gasteiger partial charge in [-0.3, -0.25) is 9.59 Å². The molecule has 0 aliphatic rings. The molecule has 1 atom stereocenters. The molecule has 2 amide bonds. The third-order valence-corrected chi connectivity index (χ3v) is 7.56. The van der Waals surface area contributed by atoms with Gasteiger partial charge in [-0.15, -0.1) is 0 Å². The van der Waals surface area contributed by atoms with Crippen LogP contribution in [-0.2, 0) is 26.2 Å². The van der Waals surface area contributed by atoms with Crippen molar-refractivity contribution in [1.82, 2.24) is 14.5 Å². The highest BCUT2D eigenvalue weighted by atomic mass is 32.2. The van der Waals surface area contributed by atoms with Crippen LogP contribution in [0.25, 0.3) is 0 Å². The fraction of sp³-hybridized carbons (Fsp3) is 0.481. The SMILES string of the molecule is CC[C@@H](C(=O)NC(C)(C)C)N(Cc1cccc(OC)c1)C(=O)CCCN(C)S(=O)(=O)c1ccccc1. The molecule has 1 N–H and O–H groups in total. The van der Waals surface area contributed by atoms with E-state index in [1.165, 1.54) is 11.4 Å². The van der Waals surface area contributed by atoms with Gasteiger partial charge in [-0.2, -0.15) is 0 Å². The van der Waals surface area contributed by atoms with Gasteiger partial charge in [0.2, 0.25) is 21.8 Å². The summed E-state index contributed by atoms with van der Waals surface area (Å²) in [7, 11) is -0.554. The van der Waals surface area contributed by atoms with E-state index in [-0.39, 0.29) is 36.2 Å². The van der Waals surface area contributed by atoms with Gasteiger partial charge in [0.15, 0.2) is 0 Å². The topological polar surface area (TPSA) is 96.0 Å². The van der Waals surface area contributed by atoms with Gasteiger partial charge in [-0.25, -0.2) is 12.7 Å². The first-order valence-corrected chi connectivity index (χ1v) is 13.6. The van der Waals surface area contributed by atoms with Gasteiger partial charge in [0.25, 0.3) is 0 Å². The summed E-state index contributed by atoms with van der Waals surface area (Å²) in [6.45, 7) is 7.99. The van der Waals surface area contributed by atoms with Gasteiger partial charge < -0.3 is 15.0 Å². The molecule has 198 valence electrons. The molecule has 0 aromatic heterocycles. The number of hydrogen-bond acceptors (Lipinski definition) is 5. The maximum Gasteiger partial charge on any atom is 0.243 e. The fourth-order valence-electron chi connectivity index (χ4n) is 3.83. The van der Waals surface area contributed by atoms with Gasteiger partial charge in [0.1, 0.15) is 11.8 Å². The standard InChI is InChI=1S/C27H39N3O5S/c1-7-24(26(32)28-27(2,3)4)30(20-21-13-11-14-22(19-21)35-6)25(31)17-12-18-29(5)36(33,34)23-15-9-8-10-16-23/h8-11,13-16,19,24H,7,12,17-18,20H2,1-6H3,(H,28,32)/t24-/m0/s1. The van der Waals surface area contributed by atoms with Crippen molar-refractivity contribution in [3.8, 4) is 5.75 Å². The Labute approximate surface area is 215 Å². The minimum absolute atomic E-state index is 0.109. The van der Waals surface area contributed by atoms with E-state index in [9.17, 15) is 18.0 Å². The molecule has 2 rings (SSSR count). The van der Waals surface area contributed by atoms with E-state index < -0.39 is 21.6 Å². The average molecular weight is 518 g/mol. The van der Waals surface area contributed by atoms with E-state index in [1.54, 1.807) is 42.3 Å². The molecule has 0 fully saturated rings. The summed E-state index contributed by atoms with van der Waals surface area (Å²) in [5.74, 6) is 0.240. The predicted octanol–water partition coefficient (Wildman–Crippen LogP) is 3.82. The lowest BCUT2D eigenvalue weighted by atomic mass is 10.0. The van der Waals surface area contributed by atoms with Crippen LogP contribution in [0.3, 0.4) is 0 Å². The van der Waals surface area contributed by atoms with Gasteiger partial charge in [0, 0.05) is 32.1 Å². The monoisotopic (exact) mass is 517 g/mol. The van der Waals surface area contributed by atoms with E-state index in [2.05, 4.69) is 5.32 Å². The summed E-state index contributed by atoms with van der Waals surface area (Å²) in [5, 5.41) is 2.98. The largest absolute Gasteiger partial charge is 0.497 e. The van der Waals surface area contributed by atoms with Crippen LogP contribution in [0.4, 0.5) is 0 Å². The molecule has 0 aliphatic heterocycles. The zero-order valence-corrected chi connectivity index (χ0v) is 23.0. The normalized spacial score (nSPS) is 12.8. The number of carbonyl (C=O) groups excluding carboxylic acids is 2. The molecule has 2 aromatic rings. The molecule has 2 aromatic carbocycles. The van der Waals surface area contributed by atoms with E-state index >= 15 is 0 Å². The maximum absolute atomic E-state index is 13.4. The zero-order valence-electron chi connectivity index (χ0n) is 22.2. The molecule has 0 spiro atoms. The Morgan fingerprint density at radius 3 is 2.31 bits per heavy atom.